The number of hydrogen-bond acceptors (Lipinski definition) is 4. The number of urea groups is 1. The lowest BCUT2D eigenvalue weighted by Crippen LogP contribution is -2.34. The Morgan fingerprint density at radius 2 is 2.04 bits per heavy atom. The number of anilines is 2. The van der Waals surface area contributed by atoms with Gasteiger partial charge >= 0.3 is 6.03 Å². The Morgan fingerprint density at radius 3 is 2.77 bits per heavy atom. The molecule has 2 heterocycles. The van der Waals surface area contributed by atoms with E-state index in [4.69, 9.17) is 0 Å². The van der Waals surface area contributed by atoms with Gasteiger partial charge in [0.15, 0.2) is 0 Å². The minimum absolute atomic E-state index is 0.169. The normalized spacial score (nSPS) is 10.8. The topological polar surface area (TPSA) is 63.1 Å². The highest BCUT2D eigenvalue weighted by molar-refractivity contribution is 7.07. The van der Waals surface area contributed by atoms with Crippen LogP contribution in [-0.4, -0.2) is 27.1 Å². The lowest BCUT2D eigenvalue weighted by molar-refractivity contribution is 0.257. The Hall–Kier alpha value is -3.19. The summed E-state index contributed by atoms with van der Waals surface area (Å²) < 4.78 is 1.93. The first-order valence-electron chi connectivity index (χ1n) is 8.25. The molecule has 0 saturated carbocycles. The summed E-state index contributed by atoms with van der Waals surface area (Å²) in [6, 6.07) is 15.1. The highest BCUT2D eigenvalue weighted by atomic mass is 32.1. The second-order valence-corrected chi connectivity index (χ2v) is 6.39. The van der Waals surface area contributed by atoms with Crippen LogP contribution in [0.25, 0.3) is 16.9 Å². The van der Waals surface area contributed by atoms with Gasteiger partial charge in [0.2, 0.25) is 0 Å². The monoisotopic (exact) mass is 363 g/mol. The van der Waals surface area contributed by atoms with Gasteiger partial charge in [0.25, 0.3) is 0 Å². The fourth-order valence-electron chi connectivity index (χ4n) is 2.84. The van der Waals surface area contributed by atoms with Gasteiger partial charge in [-0.25, -0.2) is 14.8 Å². The Balaban J connectivity index is 1.58. The average molecular weight is 363 g/mol. The maximum absolute atomic E-state index is 12.7. The number of aromatic nitrogens is 3. The molecule has 6 nitrogen and oxygen atoms in total. The summed E-state index contributed by atoms with van der Waals surface area (Å²) in [5.74, 6) is 0.843. The van der Waals surface area contributed by atoms with E-state index in [2.05, 4.69) is 15.3 Å². The Bertz CT molecular complexity index is 1030. The lowest BCUT2D eigenvalue weighted by Gasteiger charge is -2.21. The molecular formula is C19H17N5OS. The van der Waals surface area contributed by atoms with Crippen LogP contribution in [0.4, 0.5) is 16.2 Å². The van der Waals surface area contributed by atoms with E-state index in [0.717, 1.165) is 22.5 Å². The van der Waals surface area contributed by atoms with Crippen LogP contribution >= 0.6 is 11.3 Å². The summed E-state index contributed by atoms with van der Waals surface area (Å²) in [5.41, 5.74) is 5.11. The highest BCUT2D eigenvalue weighted by Gasteiger charge is 2.14. The Kier molecular flexibility index (Phi) is 4.37. The smallest absolute Gasteiger partial charge is 0.307 e. The predicted octanol–water partition coefficient (Wildman–Crippen LogP) is 4.54. The molecule has 0 aliphatic carbocycles. The van der Waals surface area contributed by atoms with E-state index in [1.807, 2.05) is 65.4 Å². The molecule has 4 rings (SSSR count). The molecule has 2 aromatic carbocycles. The fourth-order valence-corrected chi connectivity index (χ4v) is 3.37. The minimum Gasteiger partial charge on any atom is -0.307 e. The van der Waals surface area contributed by atoms with Gasteiger partial charge in [-0.05, 0) is 37.3 Å². The van der Waals surface area contributed by atoms with Crippen molar-refractivity contribution in [3.63, 3.8) is 0 Å². The van der Waals surface area contributed by atoms with Gasteiger partial charge in [-0.1, -0.05) is 18.2 Å². The van der Waals surface area contributed by atoms with Crippen LogP contribution in [0.15, 0.2) is 65.7 Å². The summed E-state index contributed by atoms with van der Waals surface area (Å²) in [5, 5.41) is 4.92. The van der Waals surface area contributed by atoms with Crippen LogP contribution in [0.1, 0.15) is 6.92 Å². The third kappa shape index (κ3) is 3.04. The van der Waals surface area contributed by atoms with Gasteiger partial charge in [-0.3, -0.25) is 9.47 Å². The number of para-hydroxylation sites is 1. The third-order valence-corrected chi connectivity index (χ3v) is 4.67. The summed E-state index contributed by atoms with van der Waals surface area (Å²) in [4.78, 5) is 23.1. The van der Waals surface area contributed by atoms with E-state index in [-0.39, 0.29) is 6.03 Å². The number of fused-ring (bicyclic) bond motifs is 1. The molecular weight excluding hydrogens is 346 g/mol. The average Bonchev–Trinajstić information content (AvgIpc) is 3.32. The molecule has 0 fully saturated rings. The second-order valence-electron chi connectivity index (χ2n) is 5.67. The Labute approximate surface area is 154 Å². The van der Waals surface area contributed by atoms with E-state index in [9.17, 15) is 4.79 Å². The van der Waals surface area contributed by atoms with Gasteiger partial charge in [0, 0.05) is 23.3 Å². The number of nitrogens with one attached hydrogen (secondary N) is 1. The number of imidazole rings is 1. The molecule has 0 bridgehead atoms. The molecule has 26 heavy (non-hydrogen) atoms. The molecule has 0 aliphatic heterocycles. The van der Waals surface area contributed by atoms with E-state index < -0.39 is 0 Å². The predicted molar refractivity (Wildman–Crippen MR) is 105 cm³/mol. The molecule has 4 aromatic rings. The van der Waals surface area contributed by atoms with Crippen molar-refractivity contribution in [3.8, 4) is 5.82 Å². The van der Waals surface area contributed by atoms with Crippen molar-refractivity contribution in [1.29, 1.82) is 0 Å². The lowest BCUT2D eigenvalue weighted by atomic mass is 10.2. The highest BCUT2D eigenvalue weighted by Crippen LogP contribution is 2.22. The molecule has 1 N–H and O–H groups in total. The number of hydrogen-bond donors (Lipinski definition) is 1. The summed E-state index contributed by atoms with van der Waals surface area (Å²) in [6.07, 6.45) is 1.74. The van der Waals surface area contributed by atoms with E-state index in [1.165, 1.54) is 11.3 Å². The largest absolute Gasteiger partial charge is 0.326 e. The summed E-state index contributed by atoms with van der Waals surface area (Å²) in [6.45, 7) is 2.53. The number of rotatable bonds is 4. The fraction of sp³-hybridized carbons (Fsp3) is 0.105. The van der Waals surface area contributed by atoms with Crippen molar-refractivity contribution >= 4 is 39.8 Å². The summed E-state index contributed by atoms with van der Waals surface area (Å²) >= 11 is 1.54. The van der Waals surface area contributed by atoms with Crippen molar-refractivity contribution in [1.82, 2.24) is 14.5 Å². The van der Waals surface area contributed by atoms with Crippen LogP contribution in [0.2, 0.25) is 0 Å². The van der Waals surface area contributed by atoms with Gasteiger partial charge < -0.3 is 5.32 Å². The first-order chi connectivity index (χ1) is 12.8. The molecule has 0 unspecified atom stereocenters. The van der Waals surface area contributed by atoms with Crippen molar-refractivity contribution in [2.45, 2.75) is 6.92 Å². The molecule has 0 radical (unpaired) electrons. The van der Waals surface area contributed by atoms with Crippen LogP contribution in [0.3, 0.4) is 0 Å². The number of carbonyl (C=O) groups excluding carboxylic acids is 1. The van der Waals surface area contributed by atoms with Crippen LogP contribution in [0, 0.1) is 0 Å². The molecule has 7 heteroatoms. The number of carbonyl (C=O) groups is 1. The molecule has 0 atom stereocenters. The number of benzene rings is 2. The number of thiazole rings is 1. The van der Waals surface area contributed by atoms with E-state index in [1.54, 1.807) is 16.7 Å². The maximum atomic E-state index is 12.7. The maximum Gasteiger partial charge on any atom is 0.326 e. The molecule has 130 valence electrons. The first kappa shape index (κ1) is 16.3. The number of amides is 2. The standard InChI is InChI=1S/C19H17N5OS/c1-2-23(15-6-4-3-5-7-15)19(25)22-14-8-9-17-16(10-14)20-12-24(17)18-11-26-13-21-18/h3-13H,2H2,1H3,(H,22,25). The Morgan fingerprint density at radius 1 is 1.19 bits per heavy atom. The molecule has 2 aromatic heterocycles. The van der Waals surface area contributed by atoms with Gasteiger partial charge in [0.1, 0.15) is 12.1 Å². The van der Waals surface area contributed by atoms with Gasteiger partial charge in [-0.15, -0.1) is 11.3 Å². The minimum atomic E-state index is -0.169. The third-order valence-electron chi connectivity index (χ3n) is 4.09. The second kappa shape index (κ2) is 6.97. The van der Waals surface area contributed by atoms with Gasteiger partial charge in [-0.2, -0.15) is 0 Å². The van der Waals surface area contributed by atoms with Crippen molar-refractivity contribution in [2.24, 2.45) is 0 Å². The van der Waals surface area contributed by atoms with Crippen LogP contribution < -0.4 is 10.2 Å². The summed E-state index contributed by atoms with van der Waals surface area (Å²) in [7, 11) is 0. The number of nitrogens with zero attached hydrogens (tertiary/aromatic N) is 4. The van der Waals surface area contributed by atoms with Crippen LogP contribution in [0.5, 0.6) is 0 Å². The SMILES string of the molecule is CCN(C(=O)Nc1ccc2c(c1)ncn2-c1cscn1)c1ccccc1. The van der Waals surface area contributed by atoms with Crippen molar-refractivity contribution in [3.05, 3.63) is 65.7 Å². The van der Waals surface area contributed by atoms with Crippen molar-refractivity contribution in [2.75, 3.05) is 16.8 Å². The quantitative estimate of drug-likeness (QED) is 0.579. The van der Waals surface area contributed by atoms with E-state index >= 15 is 0 Å². The van der Waals surface area contributed by atoms with Gasteiger partial charge in [0.05, 0.1) is 16.5 Å². The molecule has 0 saturated heterocycles. The molecule has 0 spiro atoms. The molecule has 2 amide bonds. The van der Waals surface area contributed by atoms with E-state index in [0.29, 0.717) is 12.2 Å². The zero-order chi connectivity index (χ0) is 17.9. The van der Waals surface area contributed by atoms with Crippen LogP contribution in [-0.2, 0) is 0 Å². The van der Waals surface area contributed by atoms with Crippen molar-refractivity contribution < 1.29 is 4.79 Å². The zero-order valence-corrected chi connectivity index (χ0v) is 15.0. The molecule has 0 aliphatic rings. The zero-order valence-electron chi connectivity index (χ0n) is 14.2. The first-order valence-corrected chi connectivity index (χ1v) is 9.20.